The van der Waals surface area contributed by atoms with Crippen LogP contribution in [0.4, 0.5) is 0 Å². The normalized spacial score (nSPS) is 24.4. The summed E-state index contributed by atoms with van der Waals surface area (Å²) < 4.78 is 16.4. The number of ether oxygens (including phenoxy) is 3. The Hall–Kier alpha value is -0.650. The molecule has 2 fully saturated rings. The summed E-state index contributed by atoms with van der Waals surface area (Å²) in [5, 5.41) is 3.33. The second-order valence-corrected chi connectivity index (χ2v) is 5.60. The van der Waals surface area contributed by atoms with Crippen molar-refractivity contribution in [3.8, 4) is 0 Å². The lowest BCUT2D eigenvalue weighted by Gasteiger charge is -2.23. The summed E-state index contributed by atoms with van der Waals surface area (Å²) in [4.78, 5) is 11.8. The Morgan fingerprint density at radius 2 is 2.20 bits per heavy atom. The number of carbonyl (C=O) groups excluding carboxylic acids is 1. The van der Waals surface area contributed by atoms with Crippen molar-refractivity contribution >= 4 is 5.97 Å². The molecule has 1 N–H and O–H groups in total. The number of esters is 1. The molecule has 1 aliphatic carbocycles. The molecule has 0 spiro atoms. The summed E-state index contributed by atoms with van der Waals surface area (Å²) >= 11 is 0. The van der Waals surface area contributed by atoms with Gasteiger partial charge in [0.15, 0.2) is 0 Å². The topological polar surface area (TPSA) is 56.8 Å². The van der Waals surface area contributed by atoms with E-state index in [0.717, 1.165) is 32.3 Å². The summed E-state index contributed by atoms with van der Waals surface area (Å²) in [6.07, 6.45) is 6.69. The molecule has 0 radical (unpaired) electrons. The molecule has 0 aromatic rings. The molecule has 2 atom stereocenters. The van der Waals surface area contributed by atoms with Crippen molar-refractivity contribution in [3.05, 3.63) is 0 Å². The van der Waals surface area contributed by atoms with Gasteiger partial charge >= 0.3 is 5.97 Å². The molecule has 2 rings (SSSR count). The standard InChI is InChI=1S/C15H27NO4/c1-2-19-15(17)14(16-12-6-7-12)8-10-18-11-13-5-3-4-9-20-13/h12-14,16H,2-11H2,1H3. The first-order valence-electron chi connectivity index (χ1n) is 7.91. The zero-order chi connectivity index (χ0) is 14.2. The van der Waals surface area contributed by atoms with Crippen LogP contribution in [0.1, 0.15) is 45.4 Å². The van der Waals surface area contributed by atoms with Gasteiger partial charge in [0.25, 0.3) is 0 Å². The molecule has 1 saturated carbocycles. The third kappa shape index (κ3) is 5.77. The van der Waals surface area contributed by atoms with Crippen LogP contribution in [0.5, 0.6) is 0 Å². The van der Waals surface area contributed by atoms with Crippen LogP contribution in [-0.4, -0.2) is 50.6 Å². The lowest BCUT2D eigenvalue weighted by Crippen LogP contribution is -2.40. The van der Waals surface area contributed by atoms with Gasteiger partial charge in [-0.1, -0.05) is 0 Å². The Kier molecular flexibility index (Phi) is 6.76. The minimum atomic E-state index is -0.227. The zero-order valence-electron chi connectivity index (χ0n) is 12.4. The summed E-state index contributed by atoms with van der Waals surface area (Å²) in [6, 6.07) is 0.265. The highest BCUT2D eigenvalue weighted by molar-refractivity contribution is 5.75. The Morgan fingerprint density at radius 3 is 2.85 bits per heavy atom. The number of rotatable bonds is 9. The Balaban J connectivity index is 1.61. The maximum absolute atomic E-state index is 11.8. The van der Waals surface area contributed by atoms with Crippen molar-refractivity contribution in [2.75, 3.05) is 26.4 Å². The Morgan fingerprint density at radius 1 is 1.35 bits per heavy atom. The molecule has 1 heterocycles. The largest absolute Gasteiger partial charge is 0.465 e. The molecule has 0 amide bonds. The van der Waals surface area contributed by atoms with Crippen LogP contribution < -0.4 is 5.32 Å². The summed E-state index contributed by atoms with van der Waals surface area (Å²) in [6.45, 7) is 4.33. The van der Waals surface area contributed by atoms with Gasteiger partial charge in [0.2, 0.25) is 0 Å². The number of nitrogens with one attached hydrogen (secondary N) is 1. The van der Waals surface area contributed by atoms with Crippen molar-refractivity contribution in [1.82, 2.24) is 5.32 Å². The first-order chi connectivity index (χ1) is 9.79. The minimum absolute atomic E-state index is 0.156. The van der Waals surface area contributed by atoms with E-state index in [9.17, 15) is 4.79 Å². The van der Waals surface area contributed by atoms with Crippen molar-refractivity contribution in [2.24, 2.45) is 0 Å². The number of carbonyl (C=O) groups is 1. The second-order valence-electron chi connectivity index (χ2n) is 5.60. The third-order valence-corrected chi connectivity index (χ3v) is 3.71. The van der Waals surface area contributed by atoms with Gasteiger partial charge < -0.3 is 19.5 Å². The molecule has 2 aliphatic rings. The Bertz CT molecular complexity index is 288. The van der Waals surface area contributed by atoms with Gasteiger partial charge in [-0.25, -0.2) is 0 Å². The lowest BCUT2D eigenvalue weighted by atomic mass is 10.1. The van der Waals surface area contributed by atoms with Crippen molar-refractivity contribution in [1.29, 1.82) is 0 Å². The lowest BCUT2D eigenvalue weighted by molar-refractivity contribution is -0.146. The molecular weight excluding hydrogens is 258 g/mol. The van der Waals surface area contributed by atoms with Crippen LogP contribution in [0, 0.1) is 0 Å². The van der Waals surface area contributed by atoms with Crippen molar-refractivity contribution in [2.45, 2.75) is 63.6 Å². The van der Waals surface area contributed by atoms with Crippen LogP contribution in [0.25, 0.3) is 0 Å². The van der Waals surface area contributed by atoms with Crippen LogP contribution in [-0.2, 0) is 19.0 Å². The highest BCUT2D eigenvalue weighted by atomic mass is 16.5. The third-order valence-electron chi connectivity index (χ3n) is 3.71. The number of hydrogen-bond donors (Lipinski definition) is 1. The van der Waals surface area contributed by atoms with Gasteiger partial charge in [0.1, 0.15) is 6.04 Å². The average molecular weight is 285 g/mol. The van der Waals surface area contributed by atoms with Crippen LogP contribution in [0.15, 0.2) is 0 Å². The quantitative estimate of drug-likeness (QED) is 0.515. The van der Waals surface area contributed by atoms with E-state index in [1.165, 1.54) is 6.42 Å². The molecule has 1 saturated heterocycles. The fourth-order valence-corrected chi connectivity index (χ4v) is 2.40. The van der Waals surface area contributed by atoms with Gasteiger partial charge in [-0.15, -0.1) is 0 Å². The summed E-state index contributed by atoms with van der Waals surface area (Å²) in [5.74, 6) is -0.156. The predicted octanol–water partition coefficient (Wildman–Crippen LogP) is 1.65. The smallest absolute Gasteiger partial charge is 0.323 e. The second kappa shape index (κ2) is 8.60. The van der Waals surface area contributed by atoms with Gasteiger partial charge in [0.05, 0.1) is 19.3 Å². The van der Waals surface area contributed by atoms with E-state index in [1.54, 1.807) is 0 Å². The van der Waals surface area contributed by atoms with Crippen molar-refractivity contribution < 1.29 is 19.0 Å². The fourth-order valence-electron chi connectivity index (χ4n) is 2.40. The first kappa shape index (κ1) is 15.7. The van der Waals surface area contributed by atoms with E-state index >= 15 is 0 Å². The molecule has 5 heteroatoms. The fraction of sp³-hybridized carbons (Fsp3) is 0.933. The highest BCUT2D eigenvalue weighted by Gasteiger charge is 2.29. The minimum Gasteiger partial charge on any atom is -0.465 e. The molecule has 2 unspecified atom stereocenters. The van der Waals surface area contributed by atoms with Crippen molar-refractivity contribution in [3.63, 3.8) is 0 Å². The monoisotopic (exact) mass is 285 g/mol. The number of hydrogen-bond acceptors (Lipinski definition) is 5. The SMILES string of the molecule is CCOC(=O)C(CCOCC1CCCCO1)NC1CC1. The Labute approximate surface area is 121 Å². The van der Waals surface area contributed by atoms with Gasteiger partial charge in [-0.3, -0.25) is 4.79 Å². The van der Waals surface area contributed by atoms with Crippen LogP contribution in [0.2, 0.25) is 0 Å². The van der Waals surface area contributed by atoms with E-state index in [1.807, 2.05) is 6.92 Å². The molecular formula is C15H27NO4. The molecule has 1 aliphatic heterocycles. The molecule has 0 bridgehead atoms. The van der Waals surface area contributed by atoms with E-state index in [2.05, 4.69) is 5.32 Å². The molecule has 20 heavy (non-hydrogen) atoms. The van der Waals surface area contributed by atoms with Gasteiger partial charge in [0, 0.05) is 19.3 Å². The van der Waals surface area contributed by atoms with E-state index in [0.29, 0.717) is 32.3 Å². The zero-order valence-corrected chi connectivity index (χ0v) is 12.4. The summed E-state index contributed by atoms with van der Waals surface area (Å²) in [5.41, 5.74) is 0. The summed E-state index contributed by atoms with van der Waals surface area (Å²) in [7, 11) is 0. The van der Waals surface area contributed by atoms with Gasteiger partial charge in [-0.2, -0.15) is 0 Å². The maximum atomic E-state index is 11.8. The van der Waals surface area contributed by atoms with E-state index in [4.69, 9.17) is 14.2 Å². The van der Waals surface area contributed by atoms with Crippen LogP contribution >= 0.6 is 0 Å². The van der Waals surface area contributed by atoms with E-state index < -0.39 is 0 Å². The van der Waals surface area contributed by atoms with Gasteiger partial charge in [-0.05, 0) is 45.4 Å². The first-order valence-corrected chi connectivity index (χ1v) is 7.91. The molecule has 116 valence electrons. The maximum Gasteiger partial charge on any atom is 0.323 e. The van der Waals surface area contributed by atoms with E-state index in [-0.39, 0.29) is 18.1 Å². The highest BCUT2D eigenvalue weighted by Crippen LogP contribution is 2.20. The predicted molar refractivity (Wildman–Crippen MR) is 75.6 cm³/mol. The molecule has 0 aromatic heterocycles. The van der Waals surface area contributed by atoms with Crippen LogP contribution in [0.3, 0.4) is 0 Å². The molecule has 5 nitrogen and oxygen atoms in total. The average Bonchev–Trinajstić information content (AvgIpc) is 3.27. The molecule has 0 aromatic carbocycles.